The predicted molar refractivity (Wildman–Crippen MR) is 65.4 cm³/mol. The van der Waals surface area contributed by atoms with Crippen LogP contribution < -0.4 is 51.4 Å². The molecule has 0 spiro atoms. The van der Waals surface area contributed by atoms with Gasteiger partial charge in [0.1, 0.15) is 5.75 Å². The summed E-state index contributed by atoms with van der Waals surface area (Å²) in [5.74, 6) is 0.0856. The second-order valence-electron chi connectivity index (χ2n) is 3.65. The second-order valence-corrected chi connectivity index (χ2v) is 4.71. The molecule has 0 fully saturated rings. The number of thioether (sulfide) groups is 1. The number of aromatic hydroxyl groups is 1. The van der Waals surface area contributed by atoms with Crippen molar-refractivity contribution < 1.29 is 69.4 Å². The second kappa shape index (κ2) is 6.67. The Morgan fingerprint density at radius 1 is 1.00 bits per heavy atom. The van der Waals surface area contributed by atoms with Crippen molar-refractivity contribution in [3.8, 4) is 5.75 Å². The average molecular weight is 296 g/mol. The molecular formula is C11H9BF3KOS. The summed E-state index contributed by atoms with van der Waals surface area (Å²) in [6, 6.07) is 9.82. The zero-order valence-corrected chi connectivity index (χ0v) is 13.7. The van der Waals surface area contributed by atoms with Crippen molar-refractivity contribution in [1.82, 2.24) is 0 Å². The first-order chi connectivity index (χ1) is 7.97. The van der Waals surface area contributed by atoms with Gasteiger partial charge in [-0.25, -0.2) is 0 Å². The van der Waals surface area contributed by atoms with E-state index in [0.29, 0.717) is 15.7 Å². The summed E-state index contributed by atoms with van der Waals surface area (Å²) < 4.78 is 36.6. The van der Waals surface area contributed by atoms with Crippen molar-refractivity contribution >= 4 is 29.5 Å². The van der Waals surface area contributed by atoms with Gasteiger partial charge in [0.15, 0.2) is 0 Å². The number of hydrogen-bond acceptors (Lipinski definition) is 2. The molecule has 1 N–H and O–H groups in total. The van der Waals surface area contributed by atoms with E-state index in [2.05, 4.69) is 0 Å². The Balaban J connectivity index is 0.00000162. The van der Waals surface area contributed by atoms with Crippen LogP contribution in [-0.2, 0) is 0 Å². The molecule has 0 bridgehead atoms. The van der Waals surface area contributed by atoms with Gasteiger partial charge in [-0.2, -0.15) is 11.8 Å². The minimum absolute atomic E-state index is 0. The van der Waals surface area contributed by atoms with Crippen molar-refractivity contribution in [2.24, 2.45) is 0 Å². The van der Waals surface area contributed by atoms with Crippen LogP contribution in [0.4, 0.5) is 12.9 Å². The maximum Gasteiger partial charge on any atom is 1.00 e. The van der Waals surface area contributed by atoms with Crippen LogP contribution >= 0.6 is 11.8 Å². The smallest absolute Gasteiger partial charge is 0.507 e. The maximum atomic E-state index is 12.2. The molecule has 0 aliphatic rings. The topological polar surface area (TPSA) is 20.2 Å². The molecule has 0 radical (unpaired) electrons. The molecule has 0 aliphatic carbocycles. The number of hydrogen-bond donors (Lipinski definition) is 1. The normalized spacial score (nSPS) is 11.3. The van der Waals surface area contributed by atoms with Crippen LogP contribution in [0.5, 0.6) is 5.75 Å². The van der Waals surface area contributed by atoms with E-state index in [1.807, 2.05) is 0 Å². The van der Waals surface area contributed by atoms with Gasteiger partial charge in [0.2, 0.25) is 0 Å². The minimum Gasteiger partial charge on any atom is -0.507 e. The quantitative estimate of drug-likeness (QED) is 0.674. The fraction of sp³-hybridized carbons (Fsp3) is 0.0909. The number of halogens is 3. The molecule has 0 saturated carbocycles. The first-order valence-corrected chi connectivity index (χ1v) is 6.00. The number of phenolic OH excluding ortho intramolecular Hbond substituents is 1. The standard InChI is InChI=1S/C11H9BF3OS.K/c13-12(14,15)7-17-11-6-5-10(16)8-3-1-2-4-9(8)11;/h1-6,16H,7H2;/q-1;+1. The minimum atomic E-state index is -4.80. The zero-order chi connectivity index (χ0) is 12.5. The third-order valence-corrected chi connectivity index (χ3v) is 3.50. The zero-order valence-electron chi connectivity index (χ0n) is 9.74. The molecule has 0 atom stereocenters. The summed E-state index contributed by atoms with van der Waals surface area (Å²) in [5, 5.41) is 10.8. The molecular weight excluding hydrogens is 287 g/mol. The van der Waals surface area contributed by atoms with Crippen LogP contribution in [0.2, 0.25) is 0 Å². The Kier molecular flexibility index (Phi) is 6.08. The van der Waals surface area contributed by atoms with E-state index < -0.39 is 12.6 Å². The van der Waals surface area contributed by atoms with Crippen LogP contribution in [-0.4, -0.2) is 17.7 Å². The Bertz CT molecular complexity index is 547. The number of phenols is 1. The molecule has 2 aromatic carbocycles. The molecule has 0 unspecified atom stereocenters. The van der Waals surface area contributed by atoms with Gasteiger partial charge < -0.3 is 18.1 Å². The summed E-state index contributed by atoms with van der Waals surface area (Å²) in [7, 11) is 0. The molecule has 7 heteroatoms. The molecule has 18 heavy (non-hydrogen) atoms. The van der Waals surface area contributed by atoms with E-state index in [9.17, 15) is 18.1 Å². The van der Waals surface area contributed by atoms with Crippen molar-refractivity contribution in [3.05, 3.63) is 36.4 Å². The summed E-state index contributed by atoms with van der Waals surface area (Å²) in [4.78, 5) is 0.539. The monoisotopic (exact) mass is 296 g/mol. The van der Waals surface area contributed by atoms with Gasteiger partial charge in [-0.1, -0.05) is 24.3 Å². The SMILES string of the molecule is Oc1ccc(SC[B-](F)(F)F)c2ccccc12.[K+]. The van der Waals surface area contributed by atoms with Crippen molar-refractivity contribution in [3.63, 3.8) is 0 Å². The molecule has 1 nitrogen and oxygen atoms in total. The van der Waals surface area contributed by atoms with Crippen LogP contribution in [0.15, 0.2) is 41.3 Å². The van der Waals surface area contributed by atoms with Crippen molar-refractivity contribution in [1.29, 1.82) is 0 Å². The van der Waals surface area contributed by atoms with Crippen LogP contribution in [0.1, 0.15) is 0 Å². The van der Waals surface area contributed by atoms with E-state index in [4.69, 9.17) is 0 Å². The van der Waals surface area contributed by atoms with E-state index in [1.54, 1.807) is 24.3 Å². The first-order valence-electron chi connectivity index (χ1n) is 5.02. The predicted octanol–water partition coefficient (Wildman–Crippen LogP) is 1.03. The fourth-order valence-electron chi connectivity index (χ4n) is 1.57. The maximum absolute atomic E-state index is 12.2. The molecule has 0 heterocycles. The number of benzene rings is 2. The number of rotatable bonds is 3. The van der Waals surface area contributed by atoms with Crippen LogP contribution in [0.3, 0.4) is 0 Å². The van der Waals surface area contributed by atoms with Gasteiger partial charge in [0.05, 0.1) is 0 Å². The molecule has 2 rings (SSSR count). The first kappa shape index (κ1) is 16.4. The molecule has 0 saturated heterocycles. The van der Waals surface area contributed by atoms with Gasteiger partial charge in [0.25, 0.3) is 0 Å². The van der Waals surface area contributed by atoms with Gasteiger partial charge in [-0.05, 0) is 23.2 Å². The van der Waals surface area contributed by atoms with Gasteiger partial charge in [-0.3, -0.25) is 0 Å². The Morgan fingerprint density at radius 2 is 1.61 bits per heavy atom. The molecule has 0 aliphatic heterocycles. The third kappa shape index (κ3) is 4.18. The summed E-state index contributed by atoms with van der Waals surface area (Å²) >= 11 is 0.757. The van der Waals surface area contributed by atoms with E-state index in [1.165, 1.54) is 12.1 Å². The summed E-state index contributed by atoms with van der Waals surface area (Å²) in [6.07, 6.45) is 0. The fourth-order valence-corrected chi connectivity index (χ4v) is 2.43. The summed E-state index contributed by atoms with van der Waals surface area (Å²) in [6.45, 7) is -4.80. The molecule has 0 amide bonds. The Hall–Kier alpha value is 0.341. The van der Waals surface area contributed by atoms with Crippen molar-refractivity contribution in [2.45, 2.75) is 4.90 Å². The molecule has 2 aromatic rings. The van der Waals surface area contributed by atoms with Gasteiger partial charge in [0, 0.05) is 10.3 Å². The van der Waals surface area contributed by atoms with Crippen LogP contribution in [0, 0.1) is 0 Å². The Labute approximate surface area is 150 Å². The van der Waals surface area contributed by atoms with Gasteiger partial charge in [-0.15, -0.1) is 0 Å². The van der Waals surface area contributed by atoms with Crippen molar-refractivity contribution in [2.75, 3.05) is 5.65 Å². The van der Waals surface area contributed by atoms with E-state index in [-0.39, 0.29) is 57.1 Å². The largest absolute Gasteiger partial charge is 1.00 e. The van der Waals surface area contributed by atoms with E-state index in [0.717, 1.165) is 11.8 Å². The summed E-state index contributed by atoms with van der Waals surface area (Å²) in [5.41, 5.74) is -0.866. The molecule has 0 aromatic heterocycles. The average Bonchev–Trinajstić information content (AvgIpc) is 2.27. The Morgan fingerprint density at radius 3 is 2.22 bits per heavy atom. The van der Waals surface area contributed by atoms with Gasteiger partial charge >= 0.3 is 58.4 Å². The molecule has 90 valence electrons. The van der Waals surface area contributed by atoms with Crippen LogP contribution in [0.25, 0.3) is 10.8 Å². The third-order valence-electron chi connectivity index (χ3n) is 2.29. The van der Waals surface area contributed by atoms with E-state index >= 15 is 0 Å². The number of fused-ring (bicyclic) bond motifs is 1.